The largest absolute Gasteiger partial charge is 0.309 e. The number of pyridine rings is 1. The highest BCUT2D eigenvalue weighted by Gasteiger charge is 2.40. The maximum atomic E-state index is 5.17. The molecule has 1 aliphatic carbocycles. The van der Waals surface area contributed by atoms with Crippen LogP contribution in [0.2, 0.25) is 0 Å². The van der Waals surface area contributed by atoms with Crippen LogP contribution in [0.1, 0.15) is 25.0 Å². The summed E-state index contributed by atoms with van der Waals surface area (Å²) in [6.07, 6.45) is 0. The zero-order chi connectivity index (χ0) is 33.4. The summed E-state index contributed by atoms with van der Waals surface area (Å²) in [4.78, 5) is 5.17. The van der Waals surface area contributed by atoms with Crippen LogP contribution in [0.4, 0.5) is 0 Å². The van der Waals surface area contributed by atoms with Gasteiger partial charge in [-0.25, -0.2) is 4.98 Å². The molecule has 0 saturated heterocycles. The van der Waals surface area contributed by atoms with E-state index >= 15 is 0 Å². The van der Waals surface area contributed by atoms with Gasteiger partial charge in [-0.15, -0.1) is 0 Å². The summed E-state index contributed by atoms with van der Waals surface area (Å²) < 4.78 is 2.52. The maximum absolute atomic E-state index is 5.17. The van der Waals surface area contributed by atoms with Crippen LogP contribution in [0.3, 0.4) is 0 Å². The van der Waals surface area contributed by atoms with E-state index in [9.17, 15) is 0 Å². The highest BCUT2D eigenvalue weighted by Crippen LogP contribution is 2.56. The minimum atomic E-state index is -0.182. The molecule has 0 bridgehead atoms. The molecule has 236 valence electrons. The molecule has 0 fully saturated rings. The summed E-state index contributed by atoms with van der Waals surface area (Å²) in [6.45, 7) is 4.80. The first-order valence-corrected chi connectivity index (χ1v) is 17.4. The van der Waals surface area contributed by atoms with E-state index in [4.69, 9.17) is 4.98 Å². The molecule has 0 saturated carbocycles. The van der Waals surface area contributed by atoms with Crippen LogP contribution in [0.25, 0.3) is 83.0 Å². The first kappa shape index (κ1) is 28.7. The van der Waals surface area contributed by atoms with Crippen molar-refractivity contribution in [2.75, 3.05) is 0 Å². The smallest absolute Gasteiger partial charge is 0.0715 e. The van der Waals surface area contributed by atoms with Gasteiger partial charge in [0.15, 0.2) is 0 Å². The van der Waals surface area contributed by atoms with E-state index in [-0.39, 0.29) is 5.41 Å². The molecule has 2 nitrogen and oxygen atoms in total. The second-order valence-corrected chi connectivity index (χ2v) is 14.0. The maximum Gasteiger partial charge on any atom is 0.0715 e. The molecule has 50 heavy (non-hydrogen) atoms. The predicted molar refractivity (Wildman–Crippen MR) is 210 cm³/mol. The number of para-hydroxylation sites is 1. The average molecular weight is 639 g/mol. The summed E-state index contributed by atoms with van der Waals surface area (Å²) in [5.74, 6) is 0. The number of fused-ring (bicyclic) bond motifs is 10. The standard InChI is InChI=1S/C48H34N2/c1-48(2)40-25-15-14-24-38(40)44-36-22-12-13-23-37(36)45-39-28-33(26-27-43(39)50(47(45)46(44)48)35-20-10-5-11-21-35)34-29-41(31-16-6-3-7-17-31)49-42(30-34)32-18-8-4-9-19-32/h3-30H,1-2H3. The van der Waals surface area contributed by atoms with Crippen LogP contribution in [0.5, 0.6) is 0 Å². The number of aromatic nitrogens is 2. The van der Waals surface area contributed by atoms with E-state index in [1.165, 1.54) is 66.1 Å². The van der Waals surface area contributed by atoms with Crippen molar-refractivity contribution in [2.24, 2.45) is 0 Å². The number of hydrogen-bond acceptors (Lipinski definition) is 1. The number of hydrogen-bond donors (Lipinski definition) is 0. The summed E-state index contributed by atoms with van der Waals surface area (Å²) in [5.41, 5.74) is 15.5. The molecule has 1 aliphatic rings. The average Bonchev–Trinajstić information content (AvgIpc) is 3.64. The molecule has 2 aromatic heterocycles. The van der Waals surface area contributed by atoms with E-state index in [1.807, 2.05) is 0 Å². The van der Waals surface area contributed by atoms with Gasteiger partial charge in [-0.1, -0.05) is 147 Å². The van der Waals surface area contributed by atoms with Crippen molar-refractivity contribution in [3.05, 3.63) is 181 Å². The Labute approximate surface area is 291 Å². The fourth-order valence-corrected chi connectivity index (χ4v) is 8.48. The first-order chi connectivity index (χ1) is 24.6. The monoisotopic (exact) mass is 638 g/mol. The minimum Gasteiger partial charge on any atom is -0.309 e. The van der Waals surface area contributed by atoms with Crippen LogP contribution in [-0.2, 0) is 5.41 Å². The Kier molecular flexibility index (Phi) is 6.25. The predicted octanol–water partition coefficient (Wildman–Crippen LogP) is 12.6. The number of rotatable bonds is 4. The normalized spacial score (nSPS) is 13.2. The van der Waals surface area contributed by atoms with Crippen molar-refractivity contribution in [1.29, 1.82) is 0 Å². The van der Waals surface area contributed by atoms with Crippen LogP contribution in [0, 0.1) is 0 Å². The van der Waals surface area contributed by atoms with Crippen molar-refractivity contribution in [3.8, 4) is 50.5 Å². The Bertz CT molecular complexity index is 2700. The molecule has 0 unspecified atom stereocenters. The van der Waals surface area contributed by atoms with Gasteiger partial charge in [-0.2, -0.15) is 0 Å². The van der Waals surface area contributed by atoms with E-state index in [0.717, 1.165) is 28.1 Å². The summed E-state index contributed by atoms with van der Waals surface area (Å²) in [6, 6.07) is 61.5. The topological polar surface area (TPSA) is 17.8 Å². The van der Waals surface area contributed by atoms with E-state index < -0.39 is 0 Å². The van der Waals surface area contributed by atoms with Crippen LogP contribution in [0.15, 0.2) is 170 Å². The molecule has 0 aliphatic heterocycles. The number of benzene rings is 7. The van der Waals surface area contributed by atoms with Crippen molar-refractivity contribution >= 4 is 32.6 Å². The highest BCUT2D eigenvalue weighted by molar-refractivity contribution is 6.27. The summed E-state index contributed by atoms with van der Waals surface area (Å²) >= 11 is 0. The van der Waals surface area contributed by atoms with E-state index in [0.29, 0.717) is 0 Å². The Morgan fingerprint density at radius 2 is 1.06 bits per heavy atom. The molecule has 10 rings (SSSR count). The van der Waals surface area contributed by atoms with Crippen molar-refractivity contribution in [3.63, 3.8) is 0 Å². The van der Waals surface area contributed by atoms with Crippen LogP contribution in [-0.4, -0.2) is 9.55 Å². The third kappa shape index (κ3) is 4.18. The van der Waals surface area contributed by atoms with E-state index in [2.05, 4.69) is 188 Å². The lowest BCUT2D eigenvalue weighted by Crippen LogP contribution is -2.16. The molecule has 2 heteroatoms. The minimum absolute atomic E-state index is 0.182. The molecule has 0 radical (unpaired) electrons. The fraction of sp³-hybridized carbons (Fsp3) is 0.0625. The molecule has 0 N–H and O–H groups in total. The summed E-state index contributed by atoms with van der Waals surface area (Å²) in [5, 5.41) is 5.16. The van der Waals surface area contributed by atoms with Gasteiger partial charge < -0.3 is 4.57 Å². The van der Waals surface area contributed by atoms with Crippen molar-refractivity contribution < 1.29 is 0 Å². The number of nitrogens with zero attached hydrogens (tertiary/aromatic N) is 2. The molecule has 0 atom stereocenters. The van der Waals surface area contributed by atoms with Crippen molar-refractivity contribution in [1.82, 2.24) is 9.55 Å². The van der Waals surface area contributed by atoms with Gasteiger partial charge in [0, 0.05) is 33.0 Å². The quantitative estimate of drug-likeness (QED) is 0.188. The van der Waals surface area contributed by atoms with Gasteiger partial charge in [-0.05, 0) is 80.6 Å². The lowest BCUT2D eigenvalue weighted by Gasteiger charge is -2.24. The van der Waals surface area contributed by atoms with Gasteiger partial charge >= 0.3 is 0 Å². The highest BCUT2D eigenvalue weighted by atomic mass is 15.0. The van der Waals surface area contributed by atoms with Gasteiger partial charge in [0.05, 0.1) is 22.4 Å². The lowest BCUT2D eigenvalue weighted by atomic mass is 9.80. The van der Waals surface area contributed by atoms with Crippen LogP contribution >= 0.6 is 0 Å². The van der Waals surface area contributed by atoms with Crippen molar-refractivity contribution in [2.45, 2.75) is 19.3 Å². The van der Waals surface area contributed by atoms with Gasteiger partial charge in [0.25, 0.3) is 0 Å². The molecule has 0 spiro atoms. The SMILES string of the molecule is CC1(C)c2ccccc2-c2c1c1c(c3ccccc23)c2cc(-c3cc(-c4ccccc4)nc(-c4ccccc4)c3)ccc2n1-c1ccccc1. The zero-order valence-electron chi connectivity index (χ0n) is 28.1. The second-order valence-electron chi connectivity index (χ2n) is 14.0. The molecular formula is C48H34N2. The van der Waals surface area contributed by atoms with Gasteiger partial charge in [0.1, 0.15) is 0 Å². The Morgan fingerprint density at radius 3 is 1.74 bits per heavy atom. The Balaban J connectivity index is 1.33. The van der Waals surface area contributed by atoms with Crippen LogP contribution < -0.4 is 0 Å². The molecule has 2 heterocycles. The van der Waals surface area contributed by atoms with E-state index in [1.54, 1.807) is 0 Å². The third-order valence-electron chi connectivity index (χ3n) is 10.7. The second kappa shape index (κ2) is 10.9. The van der Waals surface area contributed by atoms with Gasteiger partial charge in [-0.3, -0.25) is 0 Å². The lowest BCUT2D eigenvalue weighted by molar-refractivity contribution is 0.664. The molecule has 0 amide bonds. The Hall–Kier alpha value is -6.25. The molecule has 7 aromatic carbocycles. The van der Waals surface area contributed by atoms with Gasteiger partial charge in [0.2, 0.25) is 0 Å². The third-order valence-corrected chi connectivity index (χ3v) is 10.7. The summed E-state index contributed by atoms with van der Waals surface area (Å²) in [7, 11) is 0. The first-order valence-electron chi connectivity index (χ1n) is 17.4. The zero-order valence-corrected chi connectivity index (χ0v) is 28.1. The Morgan fingerprint density at radius 1 is 0.480 bits per heavy atom. The molecule has 9 aromatic rings. The molecular weight excluding hydrogens is 605 g/mol. The fourth-order valence-electron chi connectivity index (χ4n) is 8.48.